The molecule has 0 heterocycles. The molecule has 0 aliphatic rings. The Morgan fingerprint density at radius 2 is 1.61 bits per heavy atom. The maximum absolute atomic E-state index is 12.1. The van der Waals surface area contributed by atoms with Gasteiger partial charge in [0.05, 0.1) is 11.4 Å². The predicted octanol–water partition coefficient (Wildman–Crippen LogP) is 2.25. The van der Waals surface area contributed by atoms with Crippen LogP contribution in [0.3, 0.4) is 0 Å². The molecule has 6 nitrogen and oxygen atoms in total. The molecule has 0 fully saturated rings. The molecule has 3 N–H and O–H groups in total. The molecule has 2 aromatic carbocycles. The molecule has 2 rings (SSSR count). The topological polar surface area (TPSA) is 92.5 Å². The first-order valence-corrected chi connectivity index (χ1v) is 10.9. The van der Waals surface area contributed by atoms with Gasteiger partial charge in [-0.3, -0.25) is 9.69 Å². The van der Waals surface area contributed by atoms with E-state index in [9.17, 15) is 13.2 Å². The van der Waals surface area contributed by atoms with Crippen LogP contribution in [-0.2, 0) is 27.8 Å². The number of nitrogens with one attached hydrogen (secondary N) is 1. The van der Waals surface area contributed by atoms with Crippen molar-refractivity contribution in [1.82, 2.24) is 10.2 Å². The Labute approximate surface area is 167 Å². The molecule has 0 unspecified atom stereocenters. The lowest BCUT2D eigenvalue weighted by atomic mass is 10.0. The number of amides is 1. The van der Waals surface area contributed by atoms with Gasteiger partial charge in [-0.25, -0.2) is 13.6 Å². The smallest absolute Gasteiger partial charge is 0.238 e. The Hall–Kier alpha value is -2.22. The number of nitrogens with two attached hydrogens (primary N) is 1. The number of likely N-dealkylation sites (N-methyl/N-ethyl adjacent to an activating group) is 1. The summed E-state index contributed by atoms with van der Waals surface area (Å²) in [6.45, 7) is 5.85. The zero-order valence-corrected chi connectivity index (χ0v) is 17.5. The molecule has 2 aromatic rings. The van der Waals surface area contributed by atoms with Crippen molar-refractivity contribution in [2.45, 2.75) is 37.6 Å². The lowest BCUT2D eigenvalue weighted by Crippen LogP contribution is -2.35. The fourth-order valence-corrected chi connectivity index (χ4v) is 3.38. The molecular weight excluding hydrogens is 374 g/mol. The summed E-state index contributed by atoms with van der Waals surface area (Å²) in [5, 5.41) is 7.97. The first-order valence-electron chi connectivity index (χ1n) is 9.31. The molecule has 7 heteroatoms. The monoisotopic (exact) mass is 403 g/mol. The largest absolute Gasteiger partial charge is 0.355 e. The SMILES string of the molecule is CC(C)c1ccc(CN(C)CC(=O)NCCc2ccc(S(N)(=O)=O)cc2)cc1. The Bertz CT molecular complexity index is 876. The molecule has 0 aliphatic carbocycles. The second kappa shape index (κ2) is 9.82. The van der Waals surface area contributed by atoms with Crippen molar-refractivity contribution >= 4 is 15.9 Å². The highest BCUT2D eigenvalue weighted by atomic mass is 32.2. The first kappa shape index (κ1) is 22.1. The Kier molecular flexibility index (Phi) is 7.74. The van der Waals surface area contributed by atoms with Gasteiger partial charge in [0, 0.05) is 13.1 Å². The van der Waals surface area contributed by atoms with Gasteiger partial charge in [-0.15, -0.1) is 0 Å². The zero-order valence-electron chi connectivity index (χ0n) is 16.7. The highest BCUT2D eigenvalue weighted by molar-refractivity contribution is 7.89. The summed E-state index contributed by atoms with van der Waals surface area (Å²) in [6, 6.07) is 14.8. The summed E-state index contributed by atoms with van der Waals surface area (Å²) in [5.41, 5.74) is 3.42. The van der Waals surface area contributed by atoms with Crippen molar-refractivity contribution in [3.8, 4) is 0 Å². The van der Waals surface area contributed by atoms with Crippen LogP contribution in [-0.4, -0.2) is 39.4 Å². The third kappa shape index (κ3) is 7.07. The minimum atomic E-state index is -3.67. The van der Waals surface area contributed by atoms with Crippen molar-refractivity contribution in [3.05, 3.63) is 65.2 Å². The van der Waals surface area contributed by atoms with E-state index in [0.717, 1.165) is 5.56 Å². The van der Waals surface area contributed by atoms with E-state index in [2.05, 4.69) is 43.4 Å². The summed E-state index contributed by atoms with van der Waals surface area (Å²) in [4.78, 5) is 14.2. The summed E-state index contributed by atoms with van der Waals surface area (Å²) in [5.74, 6) is 0.468. The molecule has 0 atom stereocenters. The summed E-state index contributed by atoms with van der Waals surface area (Å²) >= 11 is 0. The van der Waals surface area contributed by atoms with Crippen LogP contribution in [0.4, 0.5) is 0 Å². The summed E-state index contributed by atoms with van der Waals surface area (Å²) in [6.07, 6.45) is 0.622. The van der Waals surface area contributed by atoms with Gasteiger partial charge in [0.25, 0.3) is 0 Å². The van der Waals surface area contributed by atoms with Gasteiger partial charge in [0.1, 0.15) is 0 Å². The van der Waals surface area contributed by atoms with Gasteiger partial charge >= 0.3 is 0 Å². The molecule has 0 bridgehead atoms. The van der Waals surface area contributed by atoms with Crippen LogP contribution < -0.4 is 10.5 Å². The van der Waals surface area contributed by atoms with Crippen LogP contribution in [0.2, 0.25) is 0 Å². The number of primary sulfonamides is 1. The quantitative estimate of drug-likeness (QED) is 0.672. The van der Waals surface area contributed by atoms with E-state index in [0.29, 0.717) is 32.0 Å². The Balaban J connectivity index is 1.74. The summed E-state index contributed by atoms with van der Waals surface area (Å²) < 4.78 is 22.5. The maximum atomic E-state index is 12.1. The van der Waals surface area contributed by atoms with E-state index in [1.165, 1.54) is 23.3 Å². The fraction of sp³-hybridized carbons (Fsp3) is 0.381. The van der Waals surface area contributed by atoms with Crippen LogP contribution in [0, 0.1) is 0 Å². The van der Waals surface area contributed by atoms with Gasteiger partial charge in [-0.2, -0.15) is 0 Å². The normalized spacial score (nSPS) is 11.8. The molecule has 0 aliphatic heterocycles. The molecular formula is C21H29N3O3S. The van der Waals surface area contributed by atoms with Crippen molar-refractivity contribution in [3.63, 3.8) is 0 Å². The van der Waals surface area contributed by atoms with E-state index in [1.807, 2.05) is 11.9 Å². The van der Waals surface area contributed by atoms with E-state index < -0.39 is 10.0 Å². The lowest BCUT2D eigenvalue weighted by molar-refractivity contribution is -0.122. The van der Waals surface area contributed by atoms with E-state index in [4.69, 9.17) is 5.14 Å². The molecule has 0 saturated heterocycles. The van der Waals surface area contributed by atoms with Crippen molar-refractivity contribution in [2.24, 2.45) is 5.14 Å². The molecule has 28 heavy (non-hydrogen) atoms. The number of sulfonamides is 1. The number of benzene rings is 2. The lowest BCUT2D eigenvalue weighted by Gasteiger charge is -2.17. The molecule has 0 radical (unpaired) electrons. The molecule has 0 aromatic heterocycles. The molecule has 0 spiro atoms. The Morgan fingerprint density at radius 1 is 1.04 bits per heavy atom. The van der Waals surface area contributed by atoms with E-state index in [-0.39, 0.29) is 10.8 Å². The van der Waals surface area contributed by atoms with Crippen LogP contribution in [0.25, 0.3) is 0 Å². The Morgan fingerprint density at radius 3 is 2.14 bits per heavy atom. The van der Waals surface area contributed by atoms with Crippen molar-refractivity contribution in [1.29, 1.82) is 0 Å². The van der Waals surface area contributed by atoms with Gasteiger partial charge in [-0.1, -0.05) is 50.2 Å². The number of hydrogen-bond donors (Lipinski definition) is 2. The average molecular weight is 404 g/mol. The third-order valence-electron chi connectivity index (χ3n) is 4.50. The number of nitrogens with zero attached hydrogens (tertiary/aromatic N) is 1. The minimum Gasteiger partial charge on any atom is -0.355 e. The van der Waals surface area contributed by atoms with Gasteiger partial charge in [-0.05, 0) is 48.2 Å². The van der Waals surface area contributed by atoms with Crippen LogP contribution in [0.1, 0.15) is 36.5 Å². The number of carbonyl (C=O) groups is 1. The van der Waals surface area contributed by atoms with Gasteiger partial charge in [0.15, 0.2) is 0 Å². The number of carbonyl (C=O) groups excluding carboxylic acids is 1. The van der Waals surface area contributed by atoms with Crippen LogP contribution in [0.5, 0.6) is 0 Å². The summed E-state index contributed by atoms with van der Waals surface area (Å²) in [7, 11) is -1.76. The van der Waals surface area contributed by atoms with Crippen molar-refractivity contribution < 1.29 is 13.2 Å². The highest BCUT2D eigenvalue weighted by Crippen LogP contribution is 2.15. The molecule has 1 amide bonds. The maximum Gasteiger partial charge on any atom is 0.238 e. The van der Waals surface area contributed by atoms with Gasteiger partial charge < -0.3 is 5.32 Å². The highest BCUT2D eigenvalue weighted by Gasteiger charge is 2.09. The third-order valence-corrected chi connectivity index (χ3v) is 5.43. The van der Waals surface area contributed by atoms with Crippen LogP contribution >= 0.6 is 0 Å². The van der Waals surface area contributed by atoms with E-state index in [1.54, 1.807) is 12.1 Å². The van der Waals surface area contributed by atoms with Crippen molar-refractivity contribution in [2.75, 3.05) is 20.1 Å². The fourth-order valence-electron chi connectivity index (χ4n) is 2.87. The molecule has 0 saturated carbocycles. The molecule has 152 valence electrons. The average Bonchev–Trinajstić information content (AvgIpc) is 2.61. The van der Waals surface area contributed by atoms with E-state index >= 15 is 0 Å². The predicted molar refractivity (Wildman–Crippen MR) is 111 cm³/mol. The second-order valence-corrected chi connectivity index (χ2v) is 8.92. The number of hydrogen-bond acceptors (Lipinski definition) is 4. The first-order chi connectivity index (χ1) is 13.1. The minimum absolute atomic E-state index is 0.0394. The number of rotatable bonds is 9. The van der Waals surface area contributed by atoms with Crippen LogP contribution in [0.15, 0.2) is 53.4 Å². The second-order valence-electron chi connectivity index (χ2n) is 7.36. The zero-order chi connectivity index (χ0) is 20.7. The standard InChI is InChI=1S/C21H29N3O3S/c1-16(2)19-8-4-18(5-9-19)14-24(3)15-21(25)23-13-12-17-6-10-20(11-7-17)28(22,26)27/h4-11,16H,12-15H2,1-3H3,(H,23,25)(H2,22,26,27). The van der Waals surface area contributed by atoms with Gasteiger partial charge in [0.2, 0.25) is 15.9 Å².